The van der Waals surface area contributed by atoms with Gasteiger partial charge in [-0.1, -0.05) is 22.9 Å². The summed E-state index contributed by atoms with van der Waals surface area (Å²) in [7, 11) is 0. The van der Waals surface area contributed by atoms with E-state index in [1.807, 2.05) is 0 Å². The molecule has 1 aromatic carbocycles. The van der Waals surface area contributed by atoms with Crippen LogP contribution in [0, 0.1) is 5.41 Å². The van der Waals surface area contributed by atoms with Gasteiger partial charge in [0.1, 0.15) is 0 Å². The molecule has 1 aliphatic rings. The number of hydrogen-bond donors (Lipinski definition) is 3. The highest BCUT2D eigenvalue weighted by Crippen LogP contribution is 2.45. The number of nitrogens with zero attached hydrogens (tertiary/aromatic N) is 1. The molecule has 2 aromatic rings. The Bertz CT molecular complexity index is 727. The van der Waals surface area contributed by atoms with Crippen LogP contribution in [0.15, 0.2) is 18.2 Å². The second-order valence-corrected chi connectivity index (χ2v) is 6.49. The van der Waals surface area contributed by atoms with Crippen LogP contribution in [0.25, 0.3) is 10.2 Å². The van der Waals surface area contributed by atoms with Crippen LogP contribution in [0.1, 0.15) is 12.8 Å². The van der Waals surface area contributed by atoms with Crippen molar-refractivity contribution in [3.05, 3.63) is 23.2 Å². The zero-order valence-electron chi connectivity index (χ0n) is 10.9. The van der Waals surface area contributed by atoms with Crippen LogP contribution in [-0.4, -0.2) is 28.6 Å². The normalized spacial score (nSPS) is 15.7. The lowest BCUT2D eigenvalue weighted by Gasteiger charge is -2.10. The Labute approximate surface area is 129 Å². The van der Waals surface area contributed by atoms with E-state index < -0.39 is 17.4 Å². The third-order valence-electron chi connectivity index (χ3n) is 3.47. The van der Waals surface area contributed by atoms with E-state index in [4.69, 9.17) is 16.7 Å². The molecule has 1 fully saturated rings. The van der Waals surface area contributed by atoms with E-state index in [0.717, 1.165) is 10.2 Å². The first-order chi connectivity index (χ1) is 9.98. The van der Waals surface area contributed by atoms with Crippen molar-refractivity contribution in [2.24, 2.45) is 5.41 Å². The van der Waals surface area contributed by atoms with Crippen LogP contribution in [0.3, 0.4) is 0 Å². The Morgan fingerprint density at radius 1 is 1.43 bits per heavy atom. The van der Waals surface area contributed by atoms with E-state index in [1.165, 1.54) is 11.3 Å². The van der Waals surface area contributed by atoms with E-state index in [-0.39, 0.29) is 6.54 Å². The zero-order chi connectivity index (χ0) is 15.0. The van der Waals surface area contributed by atoms with E-state index >= 15 is 0 Å². The van der Waals surface area contributed by atoms with E-state index in [0.29, 0.717) is 23.0 Å². The SMILES string of the molecule is O=C(NCC1(C(=O)O)CC1)Nc1nc2ccc(Cl)cc2s1. The number of nitrogens with one attached hydrogen (secondary N) is 2. The summed E-state index contributed by atoms with van der Waals surface area (Å²) in [6.45, 7) is 0.130. The highest BCUT2D eigenvalue weighted by molar-refractivity contribution is 7.22. The number of rotatable bonds is 4. The van der Waals surface area contributed by atoms with Crippen LogP contribution in [-0.2, 0) is 4.79 Å². The quantitative estimate of drug-likeness (QED) is 0.806. The first-order valence-corrected chi connectivity index (χ1v) is 7.52. The van der Waals surface area contributed by atoms with Crippen molar-refractivity contribution in [1.82, 2.24) is 10.3 Å². The van der Waals surface area contributed by atoms with Crippen molar-refractivity contribution in [2.75, 3.05) is 11.9 Å². The topological polar surface area (TPSA) is 91.3 Å². The maximum atomic E-state index is 11.8. The molecular weight excluding hydrogens is 314 g/mol. The summed E-state index contributed by atoms with van der Waals surface area (Å²) in [5.74, 6) is -0.863. The smallest absolute Gasteiger partial charge is 0.321 e. The first-order valence-electron chi connectivity index (χ1n) is 6.33. The minimum atomic E-state index is -0.863. The molecule has 0 atom stereocenters. The van der Waals surface area contributed by atoms with Crippen LogP contribution in [0.2, 0.25) is 5.02 Å². The monoisotopic (exact) mass is 325 g/mol. The number of amides is 2. The van der Waals surface area contributed by atoms with E-state index in [9.17, 15) is 9.59 Å². The fourth-order valence-corrected chi connectivity index (χ4v) is 3.10. The van der Waals surface area contributed by atoms with E-state index in [1.54, 1.807) is 18.2 Å². The average Bonchev–Trinajstić information content (AvgIpc) is 3.12. The highest BCUT2D eigenvalue weighted by Gasteiger charge is 2.50. The average molecular weight is 326 g/mol. The lowest BCUT2D eigenvalue weighted by Crippen LogP contribution is -2.36. The molecule has 0 radical (unpaired) electrons. The molecule has 0 aliphatic heterocycles. The molecule has 1 aliphatic carbocycles. The number of urea groups is 1. The number of carbonyl (C=O) groups is 2. The minimum Gasteiger partial charge on any atom is -0.481 e. The molecule has 8 heteroatoms. The molecule has 3 N–H and O–H groups in total. The molecule has 3 rings (SSSR count). The Morgan fingerprint density at radius 3 is 2.86 bits per heavy atom. The van der Waals surface area contributed by atoms with Crippen molar-refractivity contribution in [1.29, 1.82) is 0 Å². The molecule has 110 valence electrons. The van der Waals surface area contributed by atoms with Gasteiger partial charge in [-0.3, -0.25) is 10.1 Å². The Balaban J connectivity index is 1.62. The number of aromatic nitrogens is 1. The number of carbonyl (C=O) groups excluding carboxylic acids is 1. The molecule has 1 aromatic heterocycles. The Hall–Kier alpha value is -1.86. The molecule has 0 unspecified atom stereocenters. The highest BCUT2D eigenvalue weighted by atomic mass is 35.5. The lowest BCUT2D eigenvalue weighted by atomic mass is 10.1. The summed E-state index contributed by atoms with van der Waals surface area (Å²) in [4.78, 5) is 27.0. The van der Waals surface area contributed by atoms with Crippen molar-refractivity contribution in [3.63, 3.8) is 0 Å². The number of anilines is 1. The summed E-state index contributed by atoms with van der Waals surface area (Å²) >= 11 is 7.20. The van der Waals surface area contributed by atoms with Crippen molar-refractivity contribution >= 4 is 50.3 Å². The number of fused-ring (bicyclic) bond motifs is 1. The van der Waals surface area contributed by atoms with Gasteiger partial charge in [-0.2, -0.15) is 0 Å². The molecule has 21 heavy (non-hydrogen) atoms. The summed E-state index contributed by atoms with van der Waals surface area (Å²) in [5, 5.41) is 15.3. The largest absolute Gasteiger partial charge is 0.481 e. The van der Waals surface area contributed by atoms with Gasteiger partial charge >= 0.3 is 12.0 Å². The van der Waals surface area contributed by atoms with Gasteiger partial charge in [-0.25, -0.2) is 9.78 Å². The van der Waals surface area contributed by atoms with Gasteiger partial charge in [0.15, 0.2) is 5.13 Å². The summed E-state index contributed by atoms with van der Waals surface area (Å²) in [6.07, 6.45) is 1.20. The standard InChI is InChI=1S/C13H12ClN3O3S/c14-7-1-2-8-9(5-7)21-12(16-8)17-11(20)15-6-13(3-4-13)10(18)19/h1-2,5H,3-4,6H2,(H,18,19)(H2,15,16,17,20). The third-order valence-corrected chi connectivity index (χ3v) is 4.63. The van der Waals surface area contributed by atoms with Crippen molar-refractivity contribution < 1.29 is 14.7 Å². The van der Waals surface area contributed by atoms with Crippen LogP contribution in [0.4, 0.5) is 9.93 Å². The van der Waals surface area contributed by atoms with Crippen molar-refractivity contribution in [2.45, 2.75) is 12.8 Å². The summed E-state index contributed by atoms with van der Waals surface area (Å²) < 4.78 is 0.877. The summed E-state index contributed by atoms with van der Waals surface area (Å²) in [6, 6.07) is 4.84. The number of hydrogen-bond acceptors (Lipinski definition) is 4. The Kier molecular flexibility index (Phi) is 3.46. The van der Waals surface area contributed by atoms with E-state index in [2.05, 4.69) is 15.6 Å². The van der Waals surface area contributed by atoms with Gasteiger partial charge in [0.05, 0.1) is 15.6 Å². The Morgan fingerprint density at radius 2 is 2.19 bits per heavy atom. The second-order valence-electron chi connectivity index (χ2n) is 5.02. The number of carboxylic acid groups (broad SMARTS) is 1. The molecule has 0 spiro atoms. The predicted octanol–water partition coefficient (Wildman–Crippen LogP) is 2.94. The molecule has 6 nitrogen and oxygen atoms in total. The second kappa shape index (κ2) is 5.16. The van der Waals surface area contributed by atoms with Gasteiger partial charge in [0.25, 0.3) is 0 Å². The number of aliphatic carboxylic acids is 1. The number of carboxylic acids is 1. The number of halogens is 1. The third kappa shape index (κ3) is 2.93. The predicted molar refractivity (Wildman–Crippen MR) is 81.0 cm³/mol. The molecule has 0 saturated heterocycles. The first kappa shape index (κ1) is 14.1. The van der Waals surface area contributed by atoms with Crippen LogP contribution < -0.4 is 10.6 Å². The van der Waals surface area contributed by atoms with Crippen LogP contribution in [0.5, 0.6) is 0 Å². The molecule has 2 amide bonds. The summed E-state index contributed by atoms with van der Waals surface area (Å²) in [5.41, 5.74) is -0.0257. The maximum Gasteiger partial charge on any atom is 0.321 e. The van der Waals surface area contributed by atoms with Crippen molar-refractivity contribution in [3.8, 4) is 0 Å². The van der Waals surface area contributed by atoms with Gasteiger partial charge in [-0.15, -0.1) is 0 Å². The van der Waals surface area contributed by atoms with Gasteiger partial charge in [0, 0.05) is 11.6 Å². The number of benzene rings is 1. The van der Waals surface area contributed by atoms with Gasteiger partial charge in [0.2, 0.25) is 0 Å². The molecular formula is C13H12ClN3O3S. The minimum absolute atomic E-state index is 0.130. The molecule has 1 heterocycles. The number of thiazole rings is 1. The maximum absolute atomic E-state index is 11.8. The molecule has 0 bridgehead atoms. The lowest BCUT2D eigenvalue weighted by molar-refractivity contribution is -0.143. The van der Waals surface area contributed by atoms with Crippen LogP contribution >= 0.6 is 22.9 Å². The fraction of sp³-hybridized carbons (Fsp3) is 0.308. The van der Waals surface area contributed by atoms with Gasteiger partial charge < -0.3 is 10.4 Å². The molecule has 1 saturated carbocycles. The fourth-order valence-electron chi connectivity index (χ4n) is 1.96. The van der Waals surface area contributed by atoms with Gasteiger partial charge in [-0.05, 0) is 31.0 Å². The zero-order valence-corrected chi connectivity index (χ0v) is 12.4.